The Labute approximate surface area is 200 Å². The van der Waals surface area contributed by atoms with Gasteiger partial charge in [-0.25, -0.2) is 4.39 Å². The lowest BCUT2D eigenvalue weighted by atomic mass is 9.92. The zero-order chi connectivity index (χ0) is 23.2. The molecule has 33 heavy (non-hydrogen) atoms. The molecule has 0 spiro atoms. The molecule has 0 bridgehead atoms. The highest BCUT2D eigenvalue weighted by Gasteiger charge is 2.34. The van der Waals surface area contributed by atoms with Gasteiger partial charge in [-0.1, -0.05) is 44.2 Å². The molecule has 2 saturated carbocycles. The van der Waals surface area contributed by atoms with Crippen molar-refractivity contribution in [3.05, 3.63) is 57.5 Å². The maximum Gasteiger partial charge on any atom is 0.242 e. The number of hydrogen-bond acceptors (Lipinski definition) is 3. The van der Waals surface area contributed by atoms with Crippen molar-refractivity contribution in [2.45, 2.75) is 83.8 Å². The molecule has 2 aliphatic rings. The smallest absolute Gasteiger partial charge is 0.242 e. The first-order chi connectivity index (χ1) is 16.0. The molecule has 0 radical (unpaired) electrons. The standard InChI is InChI=1S/C27H35FN2O2S/c1-20-11-16-25(33-20)18-29(17-21-12-14-23(28)15-13-21)26(31)19-30(24-9-3-2-4-10-24)27(32)22-7-5-6-8-22/h11-16,22,24H,2-10,17-19H2,1H3. The maximum atomic E-state index is 13.7. The Morgan fingerprint density at radius 1 is 0.909 bits per heavy atom. The molecule has 4 rings (SSSR count). The fourth-order valence-electron chi connectivity index (χ4n) is 5.23. The number of carbonyl (C=O) groups is 2. The summed E-state index contributed by atoms with van der Waals surface area (Å²) in [7, 11) is 0. The van der Waals surface area contributed by atoms with Crippen LogP contribution < -0.4 is 0 Å². The van der Waals surface area contributed by atoms with Gasteiger partial charge in [-0.3, -0.25) is 9.59 Å². The van der Waals surface area contributed by atoms with Gasteiger partial charge in [0.1, 0.15) is 12.4 Å². The number of aryl methyl sites for hydroxylation is 1. The molecule has 1 aromatic carbocycles. The average molecular weight is 471 g/mol. The summed E-state index contributed by atoms with van der Waals surface area (Å²) in [5, 5.41) is 0. The monoisotopic (exact) mass is 470 g/mol. The highest BCUT2D eigenvalue weighted by Crippen LogP contribution is 2.30. The molecule has 0 aliphatic heterocycles. The second-order valence-corrected chi connectivity index (χ2v) is 11.0. The number of carbonyl (C=O) groups excluding carboxylic acids is 2. The Kier molecular flexibility index (Phi) is 8.18. The Balaban J connectivity index is 1.53. The van der Waals surface area contributed by atoms with Gasteiger partial charge in [-0.15, -0.1) is 11.3 Å². The van der Waals surface area contributed by atoms with E-state index in [1.165, 1.54) is 23.4 Å². The van der Waals surface area contributed by atoms with E-state index in [0.29, 0.717) is 13.1 Å². The molecule has 2 aliphatic carbocycles. The van der Waals surface area contributed by atoms with Gasteiger partial charge in [0.2, 0.25) is 11.8 Å². The van der Waals surface area contributed by atoms with Crippen LogP contribution >= 0.6 is 11.3 Å². The van der Waals surface area contributed by atoms with Crippen molar-refractivity contribution in [3.63, 3.8) is 0 Å². The van der Waals surface area contributed by atoms with Crippen molar-refractivity contribution < 1.29 is 14.0 Å². The van der Waals surface area contributed by atoms with Gasteiger partial charge in [0.25, 0.3) is 0 Å². The average Bonchev–Trinajstić information content (AvgIpc) is 3.50. The van der Waals surface area contributed by atoms with Crippen LogP contribution in [0.1, 0.15) is 73.1 Å². The lowest BCUT2D eigenvalue weighted by molar-refractivity contribution is -0.146. The predicted molar refractivity (Wildman–Crippen MR) is 130 cm³/mol. The maximum absolute atomic E-state index is 13.7. The molecule has 0 atom stereocenters. The van der Waals surface area contributed by atoms with Crippen molar-refractivity contribution in [1.29, 1.82) is 0 Å². The van der Waals surface area contributed by atoms with Crippen molar-refractivity contribution in [1.82, 2.24) is 9.80 Å². The molecule has 4 nitrogen and oxygen atoms in total. The van der Waals surface area contributed by atoms with Crippen molar-refractivity contribution in [2.24, 2.45) is 5.92 Å². The number of hydrogen-bond donors (Lipinski definition) is 0. The highest BCUT2D eigenvalue weighted by molar-refractivity contribution is 7.11. The molecule has 2 fully saturated rings. The molecular weight excluding hydrogens is 435 g/mol. The molecule has 6 heteroatoms. The summed E-state index contributed by atoms with van der Waals surface area (Å²) in [5.41, 5.74) is 0.893. The third-order valence-electron chi connectivity index (χ3n) is 7.09. The largest absolute Gasteiger partial charge is 0.332 e. The van der Waals surface area contributed by atoms with E-state index in [4.69, 9.17) is 0 Å². The summed E-state index contributed by atoms with van der Waals surface area (Å²) in [6, 6.07) is 10.6. The molecule has 0 unspecified atom stereocenters. The first-order valence-electron chi connectivity index (χ1n) is 12.4. The van der Waals surface area contributed by atoms with E-state index < -0.39 is 0 Å². The summed E-state index contributed by atoms with van der Waals surface area (Å²) in [4.78, 5) is 33.2. The minimum Gasteiger partial charge on any atom is -0.332 e. The van der Waals surface area contributed by atoms with Gasteiger partial charge in [-0.2, -0.15) is 0 Å². The zero-order valence-electron chi connectivity index (χ0n) is 19.6. The second kappa shape index (κ2) is 11.3. The first-order valence-corrected chi connectivity index (χ1v) is 13.2. The first kappa shape index (κ1) is 23.9. The zero-order valence-corrected chi connectivity index (χ0v) is 20.4. The minimum absolute atomic E-state index is 0.0256. The molecule has 0 N–H and O–H groups in total. The van der Waals surface area contributed by atoms with E-state index in [1.54, 1.807) is 23.5 Å². The van der Waals surface area contributed by atoms with Crippen LogP contribution in [0.15, 0.2) is 36.4 Å². The summed E-state index contributed by atoms with van der Waals surface area (Å²) >= 11 is 1.69. The quantitative estimate of drug-likeness (QED) is 0.469. The van der Waals surface area contributed by atoms with Gasteiger partial charge in [0.15, 0.2) is 0 Å². The van der Waals surface area contributed by atoms with E-state index in [0.717, 1.165) is 61.8 Å². The van der Waals surface area contributed by atoms with E-state index >= 15 is 0 Å². The molecule has 0 saturated heterocycles. The van der Waals surface area contributed by atoms with Crippen LogP contribution in [0, 0.1) is 18.7 Å². The predicted octanol–water partition coefficient (Wildman–Crippen LogP) is 6.08. The van der Waals surface area contributed by atoms with E-state index in [9.17, 15) is 14.0 Å². The van der Waals surface area contributed by atoms with E-state index in [1.807, 2.05) is 9.80 Å². The molecule has 1 aromatic heterocycles. The van der Waals surface area contributed by atoms with Gasteiger partial charge in [-0.05, 0) is 62.4 Å². The third-order valence-corrected chi connectivity index (χ3v) is 8.08. The number of halogens is 1. The number of thiophene rings is 1. The van der Waals surface area contributed by atoms with Crippen LogP contribution in [0.2, 0.25) is 0 Å². The van der Waals surface area contributed by atoms with E-state index in [2.05, 4.69) is 19.1 Å². The fourth-order valence-corrected chi connectivity index (χ4v) is 6.14. The van der Waals surface area contributed by atoms with Gasteiger partial charge >= 0.3 is 0 Å². The summed E-state index contributed by atoms with van der Waals surface area (Å²) in [6.07, 6.45) is 9.57. The van der Waals surface area contributed by atoms with Crippen LogP contribution in [0.3, 0.4) is 0 Å². The van der Waals surface area contributed by atoms with Gasteiger partial charge < -0.3 is 9.80 Å². The van der Waals surface area contributed by atoms with Crippen LogP contribution in [0.25, 0.3) is 0 Å². The second-order valence-electron chi connectivity index (χ2n) is 9.63. The van der Waals surface area contributed by atoms with Crippen molar-refractivity contribution in [3.8, 4) is 0 Å². The molecule has 1 heterocycles. The number of rotatable bonds is 8. The highest BCUT2D eigenvalue weighted by atomic mass is 32.1. The Hall–Kier alpha value is -2.21. The minimum atomic E-state index is -0.281. The van der Waals surface area contributed by atoms with Crippen LogP contribution in [-0.4, -0.2) is 34.2 Å². The third kappa shape index (κ3) is 6.44. The number of amides is 2. The van der Waals surface area contributed by atoms with Crippen molar-refractivity contribution >= 4 is 23.2 Å². The Morgan fingerprint density at radius 3 is 2.21 bits per heavy atom. The summed E-state index contributed by atoms with van der Waals surface area (Å²) in [6.45, 7) is 3.12. The van der Waals surface area contributed by atoms with Crippen molar-refractivity contribution in [2.75, 3.05) is 6.54 Å². The number of nitrogens with zero attached hydrogens (tertiary/aromatic N) is 2. The Morgan fingerprint density at radius 2 is 1.58 bits per heavy atom. The van der Waals surface area contributed by atoms with E-state index in [-0.39, 0.29) is 36.1 Å². The Bertz CT molecular complexity index is 930. The molecular formula is C27H35FN2O2S. The summed E-state index contributed by atoms with van der Waals surface area (Å²) < 4.78 is 13.4. The lowest BCUT2D eigenvalue weighted by Gasteiger charge is -2.37. The SMILES string of the molecule is Cc1ccc(CN(Cc2ccc(F)cc2)C(=O)CN(C(=O)C2CCCC2)C2CCCCC2)s1. The molecule has 2 aromatic rings. The van der Waals surface area contributed by atoms with Gasteiger partial charge in [0.05, 0.1) is 6.54 Å². The van der Waals surface area contributed by atoms with Crippen LogP contribution in [-0.2, 0) is 22.7 Å². The van der Waals surface area contributed by atoms with Crippen LogP contribution in [0.4, 0.5) is 4.39 Å². The molecule has 2 amide bonds. The van der Waals surface area contributed by atoms with Gasteiger partial charge in [0, 0.05) is 28.3 Å². The fraction of sp³-hybridized carbons (Fsp3) is 0.556. The molecule has 178 valence electrons. The number of benzene rings is 1. The topological polar surface area (TPSA) is 40.6 Å². The van der Waals surface area contributed by atoms with Crippen LogP contribution in [0.5, 0.6) is 0 Å². The summed E-state index contributed by atoms with van der Waals surface area (Å²) in [5.74, 6) is -0.0508. The normalized spacial score (nSPS) is 17.3. The lowest BCUT2D eigenvalue weighted by Crippen LogP contribution is -2.49.